The van der Waals surface area contributed by atoms with E-state index in [0.29, 0.717) is 17.3 Å². The van der Waals surface area contributed by atoms with Crippen LogP contribution in [0.2, 0.25) is 0 Å². The molecule has 3 heteroatoms. The van der Waals surface area contributed by atoms with Crippen molar-refractivity contribution in [3.05, 3.63) is 0 Å². The van der Waals surface area contributed by atoms with Gasteiger partial charge in [-0.1, -0.05) is 13.8 Å². The number of hydrogen-bond acceptors (Lipinski definition) is 3. The van der Waals surface area contributed by atoms with Crippen molar-refractivity contribution < 1.29 is 15.3 Å². The average Bonchev–Trinajstić information content (AvgIpc) is 2.87. The molecule has 0 aromatic carbocycles. The zero-order valence-electron chi connectivity index (χ0n) is 15.0. The summed E-state index contributed by atoms with van der Waals surface area (Å²) in [6.45, 7) is 6.72. The fraction of sp³-hybridized carbons (Fsp3) is 1.00. The molecular weight excluding hydrogens is 288 g/mol. The number of rotatable bonds is 1. The van der Waals surface area contributed by atoms with Crippen molar-refractivity contribution in [2.75, 3.05) is 6.61 Å². The molecule has 1 spiro atoms. The quantitative estimate of drug-likeness (QED) is 0.695. The van der Waals surface area contributed by atoms with Gasteiger partial charge < -0.3 is 15.3 Å². The Morgan fingerprint density at radius 2 is 1.70 bits per heavy atom. The van der Waals surface area contributed by atoms with Crippen LogP contribution >= 0.6 is 0 Å². The second-order valence-electron chi connectivity index (χ2n) is 10.1. The molecule has 8 atom stereocenters. The second-order valence-corrected chi connectivity index (χ2v) is 10.1. The topological polar surface area (TPSA) is 60.7 Å². The minimum Gasteiger partial charge on any atom is -0.396 e. The van der Waals surface area contributed by atoms with Crippen LogP contribution in [0.1, 0.15) is 72.1 Å². The van der Waals surface area contributed by atoms with Crippen molar-refractivity contribution in [1.82, 2.24) is 0 Å². The second kappa shape index (κ2) is 4.74. The van der Waals surface area contributed by atoms with Gasteiger partial charge in [-0.15, -0.1) is 0 Å². The normalized spacial score (nSPS) is 61.8. The summed E-state index contributed by atoms with van der Waals surface area (Å²) in [4.78, 5) is 0. The summed E-state index contributed by atoms with van der Waals surface area (Å²) in [6, 6.07) is 0. The molecule has 4 aliphatic rings. The third kappa shape index (κ3) is 1.82. The maximum Gasteiger partial charge on any atom is 0.0648 e. The Balaban J connectivity index is 1.76. The Morgan fingerprint density at radius 3 is 2.39 bits per heavy atom. The molecule has 0 aromatic rings. The van der Waals surface area contributed by atoms with Crippen molar-refractivity contribution >= 4 is 0 Å². The molecule has 0 unspecified atom stereocenters. The van der Waals surface area contributed by atoms with Crippen LogP contribution < -0.4 is 0 Å². The van der Waals surface area contributed by atoms with Crippen LogP contribution in [0, 0.1) is 34.0 Å². The van der Waals surface area contributed by atoms with Crippen molar-refractivity contribution in [3.63, 3.8) is 0 Å². The standard InChI is InChI=1S/C20H34O3/c1-17(12-21)15-5-4-13-10-14-11-20(13,9-8-19(14,3)23)18(15,2)7-6-16(17)22/h13-16,21-23H,4-12H2,1-3H3/t13-,14-,15+,16-,17+,18+,19-,20+/m1/s1. The minimum atomic E-state index is -0.483. The molecule has 23 heavy (non-hydrogen) atoms. The fourth-order valence-corrected chi connectivity index (χ4v) is 7.83. The van der Waals surface area contributed by atoms with Crippen LogP contribution in [0.3, 0.4) is 0 Å². The van der Waals surface area contributed by atoms with Gasteiger partial charge in [-0.25, -0.2) is 0 Å². The molecule has 4 saturated carbocycles. The maximum atomic E-state index is 10.8. The van der Waals surface area contributed by atoms with Gasteiger partial charge in [-0.05, 0) is 86.9 Å². The maximum absolute atomic E-state index is 10.8. The van der Waals surface area contributed by atoms with E-state index >= 15 is 0 Å². The van der Waals surface area contributed by atoms with E-state index in [-0.39, 0.29) is 23.5 Å². The minimum absolute atomic E-state index is 0.0936. The van der Waals surface area contributed by atoms with Gasteiger partial charge in [0, 0.05) is 5.41 Å². The summed E-state index contributed by atoms with van der Waals surface area (Å²) in [6.07, 6.45) is 8.28. The van der Waals surface area contributed by atoms with E-state index in [1.807, 2.05) is 6.92 Å². The Labute approximate surface area is 140 Å². The molecule has 0 amide bonds. The molecule has 0 aliphatic heterocycles. The highest BCUT2D eigenvalue weighted by molar-refractivity contribution is 5.18. The first-order valence-corrected chi connectivity index (χ1v) is 9.71. The summed E-state index contributed by atoms with van der Waals surface area (Å²) in [5.41, 5.74) is -0.301. The van der Waals surface area contributed by atoms with E-state index in [4.69, 9.17) is 0 Å². The zero-order valence-corrected chi connectivity index (χ0v) is 15.0. The molecular formula is C20H34O3. The SMILES string of the molecule is C[C@@]1(CO)[C@H](O)CC[C@@]2(C)[C@H]1CC[C@@H]1C[C@@H]3C[C@@]12CC[C@@]3(C)O. The molecule has 3 N–H and O–H groups in total. The van der Waals surface area contributed by atoms with E-state index in [1.165, 1.54) is 12.8 Å². The summed E-state index contributed by atoms with van der Waals surface area (Å²) < 4.78 is 0. The molecule has 0 radical (unpaired) electrons. The average molecular weight is 322 g/mol. The highest BCUT2D eigenvalue weighted by Gasteiger charge is 2.69. The largest absolute Gasteiger partial charge is 0.396 e. The number of fused-ring (bicyclic) bond motifs is 2. The smallest absolute Gasteiger partial charge is 0.0648 e. The highest BCUT2D eigenvalue weighted by atomic mass is 16.3. The van der Waals surface area contributed by atoms with Crippen LogP contribution in [-0.4, -0.2) is 33.6 Å². The summed E-state index contributed by atoms with van der Waals surface area (Å²) in [5, 5.41) is 31.5. The Bertz CT molecular complexity index is 503. The van der Waals surface area contributed by atoms with Gasteiger partial charge in [-0.3, -0.25) is 0 Å². The third-order valence-electron chi connectivity index (χ3n) is 9.46. The summed E-state index contributed by atoms with van der Waals surface area (Å²) in [7, 11) is 0. The molecule has 4 fully saturated rings. The van der Waals surface area contributed by atoms with Crippen LogP contribution in [-0.2, 0) is 0 Å². The molecule has 2 bridgehead atoms. The van der Waals surface area contributed by atoms with Crippen molar-refractivity contribution in [1.29, 1.82) is 0 Å². The van der Waals surface area contributed by atoms with Gasteiger partial charge >= 0.3 is 0 Å². The monoisotopic (exact) mass is 322 g/mol. The van der Waals surface area contributed by atoms with Gasteiger partial charge in [0.2, 0.25) is 0 Å². The first-order valence-electron chi connectivity index (χ1n) is 9.71. The van der Waals surface area contributed by atoms with E-state index in [0.717, 1.165) is 44.4 Å². The molecule has 132 valence electrons. The van der Waals surface area contributed by atoms with E-state index in [1.54, 1.807) is 0 Å². The van der Waals surface area contributed by atoms with Gasteiger partial charge in [0.1, 0.15) is 0 Å². The molecule has 3 nitrogen and oxygen atoms in total. The third-order valence-corrected chi connectivity index (χ3v) is 9.46. The number of aliphatic hydroxyl groups is 3. The molecule has 0 heterocycles. The predicted molar refractivity (Wildman–Crippen MR) is 89.8 cm³/mol. The highest BCUT2D eigenvalue weighted by Crippen LogP contribution is 2.75. The lowest BCUT2D eigenvalue weighted by atomic mass is 9.39. The predicted octanol–water partition coefficient (Wildman–Crippen LogP) is 3.11. The molecule has 0 aromatic heterocycles. The zero-order chi connectivity index (χ0) is 16.7. The van der Waals surface area contributed by atoms with E-state index < -0.39 is 5.60 Å². The lowest BCUT2D eigenvalue weighted by Crippen LogP contribution is -2.62. The van der Waals surface area contributed by atoms with Crippen LogP contribution in [0.25, 0.3) is 0 Å². The van der Waals surface area contributed by atoms with Crippen molar-refractivity contribution in [2.24, 2.45) is 34.0 Å². The molecule has 4 rings (SSSR count). The molecule has 0 saturated heterocycles. The fourth-order valence-electron chi connectivity index (χ4n) is 7.83. The summed E-state index contributed by atoms with van der Waals surface area (Å²) in [5.74, 6) is 1.59. The Hall–Kier alpha value is -0.120. The van der Waals surface area contributed by atoms with Crippen molar-refractivity contribution in [2.45, 2.75) is 83.8 Å². The van der Waals surface area contributed by atoms with Crippen molar-refractivity contribution in [3.8, 4) is 0 Å². The first kappa shape index (κ1) is 16.4. The number of aliphatic hydroxyl groups excluding tert-OH is 2. The Morgan fingerprint density at radius 1 is 0.957 bits per heavy atom. The van der Waals surface area contributed by atoms with Crippen LogP contribution in [0.5, 0.6) is 0 Å². The lowest BCUT2D eigenvalue weighted by molar-refractivity contribution is -0.213. The van der Waals surface area contributed by atoms with E-state index in [2.05, 4.69) is 13.8 Å². The lowest BCUT2D eigenvalue weighted by Gasteiger charge is -2.66. The summed E-state index contributed by atoms with van der Waals surface area (Å²) >= 11 is 0. The van der Waals surface area contributed by atoms with Gasteiger partial charge in [-0.2, -0.15) is 0 Å². The first-order chi connectivity index (χ1) is 10.7. The molecule has 4 aliphatic carbocycles. The Kier molecular flexibility index (Phi) is 3.37. The van der Waals surface area contributed by atoms with Crippen LogP contribution in [0.15, 0.2) is 0 Å². The van der Waals surface area contributed by atoms with Gasteiger partial charge in [0.15, 0.2) is 0 Å². The van der Waals surface area contributed by atoms with E-state index in [9.17, 15) is 15.3 Å². The van der Waals surface area contributed by atoms with Crippen LogP contribution in [0.4, 0.5) is 0 Å². The van der Waals surface area contributed by atoms with Gasteiger partial charge in [0.25, 0.3) is 0 Å². The number of hydrogen-bond donors (Lipinski definition) is 3. The van der Waals surface area contributed by atoms with Gasteiger partial charge in [0.05, 0.1) is 18.3 Å².